The molecule has 0 radical (unpaired) electrons. The van der Waals surface area contributed by atoms with E-state index in [0.717, 1.165) is 17.4 Å². The van der Waals surface area contributed by atoms with Gasteiger partial charge in [-0.1, -0.05) is 120 Å². The van der Waals surface area contributed by atoms with Crippen molar-refractivity contribution in [1.29, 1.82) is 0 Å². The Bertz CT molecular complexity index is 867. The zero-order valence-electron chi connectivity index (χ0n) is 22.6. The van der Waals surface area contributed by atoms with Gasteiger partial charge in [0.1, 0.15) is 0 Å². The van der Waals surface area contributed by atoms with E-state index < -0.39 is 0 Å². The molecule has 0 heterocycles. The van der Waals surface area contributed by atoms with Crippen LogP contribution in [0.15, 0.2) is 64.8 Å². The first kappa shape index (κ1) is 27.4. The molecule has 35 heavy (non-hydrogen) atoms. The van der Waals surface area contributed by atoms with E-state index in [2.05, 4.69) is 80.5 Å². The van der Waals surface area contributed by atoms with Crippen LogP contribution in [0.25, 0.3) is 0 Å². The lowest BCUT2D eigenvalue weighted by Gasteiger charge is -2.34. The van der Waals surface area contributed by atoms with E-state index in [1.165, 1.54) is 100 Å². The molecule has 190 valence electrons. The van der Waals surface area contributed by atoms with Gasteiger partial charge in [0, 0.05) is 5.92 Å². The molecule has 2 aromatic rings. The SMILES string of the molecule is CCCCCCc1ccc(C=NN=C(c2ccccc2)[C@H]2CC[C@H](C(CCC)CCC)CC2)cc1. The smallest absolute Gasteiger partial charge is 0.0733 e. The average Bonchev–Trinajstić information content (AvgIpc) is 2.90. The van der Waals surface area contributed by atoms with Crippen molar-refractivity contribution >= 4 is 11.9 Å². The van der Waals surface area contributed by atoms with E-state index in [9.17, 15) is 0 Å². The lowest BCUT2D eigenvalue weighted by Crippen LogP contribution is -2.26. The van der Waals surface area contributed by atoms with Crippen LogP contribution in [0.4, 0.5) is 0 Å². The highest BCUT2D eigenvalue weighted by Gasteiger charge is 2.29. The third kappa shape index (κ3) is 9.06. The van der Waals surface area contributed by atoms with Crippen molar-refractivity contribution in [2.75, 3.05) is 0 Å². The van der Waals surface area contributed by atoms with Gasteiger partial charge < -0.3 is 0 Å². The van der Waals surface area contributed by atoms with Crippen LogP contribution in [0.3, 0.4) is 0 Å². The maximum atomic E-state index is 4.83. The van der Waals surface area contributed by atoms with Gasteiger partial charge in [0.25, 0.3) is 0 Å². The van der Waals surface area contributed by atoms with Crippen molar-refractivity contribution in [2.24, 2.45) is 28.0 Å². The molecule has 0 unspecified atom stereocenters. The zero-order chi connectivity index (χ0) is 24.7. The minimum absolute atomic E-state index is 0.514. The largest absolute Gasteiger partial charge is 0.158 e. The highest BCUT2D eigenvalue weighted by molar-refractivity contribution is 6.02. The Balaban J connectivity index is 1.65. The summed E-state index contributed by atoms with van der Waals surface area (Å²) < 4.78 is 0. The standard InChI is InChI=1S/C33H48N2/c1-4-7-8-10-15-27-18-20-28(21-19-27)26-34-35-33(31-16-11-9-12-17-31)32-24-22-30(23-25-32)29(13-5-2)14-6-3/h9,11-12,16-21,26,29-30,32H,4-8,10,13-15,22-25H2,1-3H3/t30-,32-. The molecule has 0 aromatic heterocycles. The monoisotopic (exact) mass is 472 g/mol. The first-order valence-electron chi connectivity index (χ1n) is 14.5. The van der Waals surface area contributed by atoms with Crippen LogP contribution < -0.4 is 0 Å². The fourth-order valence-corrected chi connectivity index (χ4v) is 5.89. The molecule has 1 fully saturated rings. The van der Waals surface area contributed by atoms with E-state index in [1.807, 2.05) is 6.21 Å². The van der Waals surface area contributed by atoms with Gasteiger partial charge in [0.05, 0.1) is 11.9 Å². The van der Waals surface area contributed by atoms with Crippen molar-refractivity contribution in [3.05, 3.63) is 71.3 Å². The second kappa shape index (κ2) is 15.7. The summed E-state index contributed by atoms with van der Waals surface area (Å²) >= 11 is 0. The van der Waals surface area contributed by atoms with Gasteiger partial charge in [0.2, 0.25) is 0 Å². The van der Waals surface area contributed by atoms with Gasteiger partial charge in [-0.2, -0.15) is 10.2 Å². The summed E-state index contributed by atoms with van der Waals surface area (Å²) in [6, 6.07) is 19.6. The van der Waals surface area contributed by atoms with Gasteiger partial charge >= 0.3 is 0 Å². The molecule has 2 heteroatoms. The Labute approximate surface area is 215 Å². The molecule has 0 saturated heterocycles. The molecule has 1 saturated carbocycles. The van der Waals surface area contributed by atoms with E-state index in [0.29, 0.717) is 5.92 Å². The average molecular weight is 473 g/mol. The van der Waals surface area contributed by atoms with Crippen molar-refractivity contribution in [3.63, 3.8) is 0 Å². The molecule has 1 aliphatic rings. The van der Waals surface area contributed by atoms with E-state index in [4.69, 9.17) is 5.10 Å². The van der Waals surface area contributed by atoms with E-state index >= 15 is 0 Å². The van der Waals surface area contributed by atoms with Gasteiger partial charge in [-0.15, -0.1) is 0 Å². The third-order valence-corrected chi connectivity index (χ3v) is 7.88. The number of unbranched alkanes of at least 4 members (excludes halogenated alkanes) is 3. The third-order valence-electron chi connectivity index (χ3n) is 7.88. The number of rotatable bonds is 14. The van der Waals surface area contributed by atoms with Crippen LogP contribution >= 0.6 is 0 Å². The second-order valence-electron chi connectivity index (χ2n) is 10.6. The minimum Gasteiger partial charge on any atom is -0.158 e. The van der Waals surface area contributed by atoms with Crippen LogP contribution in [-0.2, 0) is 6.42 Å². The molecular formula is C33H48N2. The van der Waals surface area contributed by atoms with Gasteiger partial charge in [0.15, 0.2) is 0 Å². The topological polar surface area (TPSA) is 24.7 Å². The lowest BCUT2D eigenvalue weighted by atomic mass is 9.71. The Kier molecular flexibility index (Phi) is 12.3. The fourth-order valence-electron chi connectivity index (χ4n) is 5.89. The molecule has 0 N–H and O–H groups in total. The Morgan fingerprint density at radius 3 is 2.11 bits per heavy atom. The molecule has 0 bridgehead atoms. The molecule has 2 aromatic carbocycles. The molecule has 0 atom stereocenters. The number of benzene rings is 2. The van der Waals surface area contributed by atoms with Gasteiger partial charge in [-0.3, -0.25) is 0 Å². The normalized spacial score (nSPS) is 19.0. The highest BCUT2D eigenvalue weighted by Crippen LogP contribution is 2.38. The molecule has 1 aliphatic carbocycles. The summed E-state index contributed by atoms with van der Waals surface area (Å²) in [5.74, 6) is 2.32. The molecule has 0 amide bonds. The first-order valence-corrected chi connectivity index (χ1v) is 14.5. The molecule has 0 aliphatic heterocycles. The van der Waals surface area contributed by atoms with Crippen LogP contribution in [0.2, 0.25) is 0 Å². The summed E-state index contributed by atoms with van der Waals surface area (Å²) in [4.78, 5) is 0. The van der Waals surface area contributed by atoms with Crippen LogP contribution in [-0.4, -0.2) is 11.9 Å². The van der Waals surface area contributed by atoms with Gasteiger partial charge in [-0.05, 0) is 67.1 Å². The number of aryl methyl sites for hydroxylation is 1. The minimum atomic E-state index is 0.514. The molecule has 0 spiro atoms. The number of hydrogen-bond donors (Lipinski definition) is 0. The summed E-state index contributed by atoms with van der Waals surface area (Å²) in [6.45, 7) is 6.95. The summed E-state index contributed by atoms with van der Waals surface area (Å²) in [5, 5.41) is 9.42. The van der Waals surface area contributed by atoms with Crippen LogP contribution in [0.5, 0.6) is 0 Å². The predicted octanol–water partition coefficient (Wildman–Crippen LogP) is 9.66. The molecular weight excluding hydrogens is 424 g/mol. The Morgan fingerprint density at radius 2 is 1.49 bits per heavy atom. The lowest BCUT2D eigenvalue weighted by molar-refractivity contribution is 0.206. The number of nitrogens with zero attached hydrogens (tertiary/aromatic N) is 2. The summed E-state index contributed by atoms with van der Waals surface area (Å²) in [6.07, 6.45) is 18.9. The fraction of sp³-hybridized carbons (Fsp3) is 0.576. The maximum Gasteiger partial charge on any atom is 0.0733 e. The van der Waals surface area contributed by atoms with Crippen LogP contribution in [0.1, 0.15) is 115 Å². The van der Waals surface area contributed by atoms with Gasteiger partial charge in [-0.25, -0.2) is 0 Å². The van der Waals surface area contributed by atoms with Crippen LogP contribution in [0, 0.1) is 17.8 Å². The highest BCUT2D eigenvalue weighted by atomic mass is 15.2. The second-order valence-corrected chi connectivity index (χ2v) is 10.6. The zero-order valence-corrected chi connectivity index (χ0v) is 22.6. The van der Waals surface area contributed by atoms with Crippen molar-refractivity contribution in [2.45, 2.75) is 104 Å². The molecule has 2 nitrogen and oxygen atoms in total. The van der Waals surface area contributed by atoms with Crippen molar-refractivity contribution in [1.82, 2.24) is 0 Å². The number of hydrogen-bond acceptors (Lipinski definition) is 2. The molecule has 3 rings (SSSR count). The van der Waals surface area contributed by atoms with E-state index in [1.54, 1.807) is 0 Å². The van der Waals surface area contributed by atoms with Crippen molar-refractivity contribution < 1.29 is 0 Å². The quantitative estimate of drug-likeness (QED) is 0.148. The summed E-state index contributed by atoms with van der Waals surface area (Å²) in [7, 11) is 0. The van der Waals surface area contributed by atoms with Crippen molar-refractivity contribution in [3.8, 4) is 0 Å². The summed E-state index contributed by atoms with van der Waals surface area (Å²) in [5.41, 5.74) is 4.96. The van der Waals surface area contributed by atoms with E-state index in [-0.39, 0.29) is 0 Å². The Morgan fingerprint density at radius 1 is 0.800 bits per heavy atom. The maximum absolute atomic E-state index is 4.83. The first-order chi connectivity index (χ1) is 17.2. The Hall–Kier alpha value is -2.22. The predicted molar refractivity (Wildman–Crippen MR) is 154 cm³/mol.